The Labute approximate surface area is 324 Å². The smallest absolute Gasteiger partial charge is 0.417 e. The number of aryl methyl sites for hydroxylation is 2. The number of halogens is 4. The fourth-order valence-electron chi connectivity index (χ4n) is 9.08. The molecule has 2 aliphatic carbocycles. The van der Waals surface area contributed by atoms with Crippen LogP contribution in [0.15, 0.2) is 48.9 Å². The number of aromatic amines is 1. The molecular formula is C41H49ClF3N7O3. The molecule has 55 heavy (non-hydrogen) atoms. The van der Waals surface area contributed by atoms with Gasteiger partial charge in [0.25, 0.3) is 0 Å². The van der Waals surface area contributed by atoms with E-state index in [1.807, 2.05) is 26.0 Å². The number of hydrogen-bond acceptors (Lipinski definition) is 8. The number of alkyl halides is 3. The van der Waals surface area contributed by atoms with Crippen LogP contribution in [-0.2, 0) is 28.6 Å². The highest BCUT2D eigenvalue weighted by Gasteiger charge is 2.55. The molecule has 1 aliphatic heterocycles. The molecule has 5 aromatic rings. The third-order valence-electron chi connectivity index (χ3n) is 11.9. The Morgan fingerprint density at radius 1 is 1.09 bits per heavy atom. The van der Waals surface area contributed by atoms with E-state index in [1.54, 1.807) is 13.4 Å². The van der Waals surface area contributed by atoms with E-state index in [4.69, 9.17) is 30.8 Å². The summed E-state index contributed by atoms with van der Waals surface area (Å²) in [4.78, 5) is 19.6. The maximum atomic E-state index is 13.4. The van der Waals surface area contributed by atoms with Crippen LogP contribution in [-0.4, -0.2) is 73.1 Å². The minimum atomic E-state index is -4.51. The first-order valence-electron chi connectivity index (χ1n) is 19.2. The second kappa shape index (κ2) is 14.5. The zero-order chi connectivity index (χ0) is 38.8. The molecule has 3 fully saturated rings. The Bertz CT molecular complexity index is 2180. The van der Waals surface area contributed by atoms with Crippen molar-refractivity contribution in [2.24, 2.45) is 11.8 Å². The minimum absolute atomic E-state index is 0.0495. The predicted molar refractivity (Wildman–Crippen MR) is 206 cm³/mol. The topological polar surface area (TPSA) is 102 Å². The van der Waals surface area contributed by atoms with Gasteiger partial charge in [-0.2, -0.15) is 13.2 Å². The van der Waals surface area contributed by atoms with Gasteiger partial charge in [-0.25, -0.2) is 15.0 Å². The minimum Gasteiger partial charge on any atom is -0.497 e. The molecule has 294 valence electrons. The van der Waals surface area contributed by atoms with Gasteiger partial charge in [0.2, 0.25) is 0 Å². The summed E-state index contributed by atoms with van der Waals surface area (Å²) in [5.41, 5.74) is 3.15. The normalized spacial score (nSPS) is 24.9. The number of H-pyrrole nitrogens is 1. The van der Waals surface area contributed by atoms with Crippen molar-refractivity contribution in [1.82, 2.24) is 29.4 Å². The number of anilines is 1. The molecule has 14 heteroatoms. The lowest BCUT2D eigenvalue weighted by Gasteiger charge is -2.46. The zero-order valence-electron chi connectivity index (χ0n) is 32.1. The van der Waals surface area contributed by atoms with Crippen LogP contribution in [0.1, 0.15) is 81.9 Å². The van der Waals surface area contributed by atoms with Crippen LogP contribution >= 0.6 is 11.6 Å². The van der Waals surface area contributed by atoms with Crippen molar-refractivity contribution in [1.29, 1.82) is 0 Å². The van der Waals surface area contributed by atoms with Gasteiger partial charge in [0.1, 0.15) is 35.5 Å². The summed E-state index contributed by atoms with van der Waals surface area (Å²) >= 11 is 5.93. The van der Waals surface area contributed by atoms with E-state index in [0.29, 0.717) is 47.8 Å². The monoisotopic (exact) mass is 779 g/mol. The average molecular weight is 780 g/mol. The molecule has 0 amide bonds. The van der Waals surface area contributed by atoms with Gasteiger partial charge < -0.3 is 29.1 Å². The van der Waals surface area contributed by atoms with Crippen LogP contribution in [0.2, 0.25) is 5.02 Å². The van der Waals surface area contributed by atoms with Crippen LogP contribution in [0, 0.1) is 18.8 Å². The summed E-state index contributed by atoms with van der Waals surface area (Å²) in [6.07, 6.45) is 3.70. The van der Waals surface area contributed by atoms with Crippen molar-refractivity contribution in [3.8, 4) is 5.75 Å². The van der Waals surface area contributed by atoms with E-state index in [-0.39, 0.29) is 29.2 Å². The summed E-state index contributed by atoms with van der Waals surface area (Å²) in [5, 5.41) is 4.17. The Balaban J connectivity index is 0.930. The first kappa shape index (κ1) is 38.0. The van der Waals surface area contributed by atoms with E-state index < -0.39 is 17.5 Å². The number of nitrogens with one attached hydrogen (secondary N) is 2. The molecule has 4 heterocycles. The predicted octanol–water partition coefficient (Wildman–Crippen LogP) is 9.11. The lowest BCUT2D eigenvalue weighted by atomic mass is 9.76. The van der Waals surface area contributed by atoms with Crippen molar-refractivity contribution in [2.75, 3.05) is 19.0 Å². The van der Waals surface area contributed by atoms with Gasteiger partial charge in [-0.15, -0.1) is 0 Å². The second-order valence-corrected chi connectivity index (χ2v) is 16.7. The lowest BCUT2D eigenvalue weighted by Crippen LogP contribution is -2.51. The zero-order valence-corrected chi connectivity index (χ0v) is 32.8. The third-order valence-corrected chi connectivity index (χ3v) is 12.2. The summed E-state index contributed by atoms with van der Waals surface area (Å²) < 4.78 is 61.1. The van der Waals surface area contributed by atoms with Crippen molar-refractivity contribution >= 4 is 39.5 Å². The second-order valence-electron chi connectivity index (χ2n) is 16.3. The van der Waals surface area contributed by atoms with Crippen LogP contribution in [0.4, 0.5) is 19.0 Å². The standard InChI is InChI=1S/C41H49ClF3N7O3/c1-22(2)52(27-14-24(15-27)7-10-35-49-32-17-30(41(43,44)45)31(42)18-33(32)50-35)20-26-16-34(37-36(26)54-40(4,5)55-37)51-12-11-29-38(47-21-48-39(29)51)46-19-25-8-9-28(53-6)13-23(25)3/h8-9,11-13,17-18,21-22,24,26-27,34,36-37H,7,10,14-16,19-20H2,1-6H3,(H,49,50)(H,46,47,48)/t24?,26-,27?,34-,36-,37?/m1/s1. The molecule has 2 saturated carbocycles. The highest BCUT2D eigenvalue weighted by molar-refractivity contribution is 6.32. The van der Waals surface area contributed by atoms with Gasteiger partial charge in [-0.05, 0) is 108 Å². The summed E-state index contributed by atoms with van der Waals surface area (Å²) in [6.45, 7) is 12.1. The number of ether oxygens (including phenoxy) is 3. The number of methoxy groups -OCH3 is 1. The molecule has 2 aromatic carbocycles. The van der Waals surface area contributed by atoms with Crippen molar-refractivity contribution in [3.05, 3.63) is 76.5 Å². The quantitative estimate of drug-likeness (QED) is 0.129. The molecule has 0 bridgehead atoms. The van der Waals surface area contributed by atoms with Gasteiger partial charge in [0.15, 0.2) is 5.79 Å². The Hall–Kier alpha value is -3.91. The van der Waals surface area contributed by atoms with E-state index in [9.17, 15) is 13.2 Å². The van der Waals surface area contributed by atoms with Gasteiger partial charge in [-0.1, -0.05) is 17.7 Å². The highest BCUT2D eigenvalue weighted by Crippen LogP contribution is 2.49. The van der Waals surface area contributed by atoms with Crippen LogP contribution < -0.4 is 10.1 Å². The largest absolute Gasteiger partial charge is 0.497 e. The highest BCUT2D eigenvalue weighted by atomic mass is 35.5. The summed E-state index contributed by atoms with van der Waals surface area (Å²) in [7, 11) is 1.68. The van der Waals surface area contributed by atoms with E-state index in [2.05, 4.69) is 68.8 Å². The third kappa shape index (κ3) is 7.52. The summed E-state index contributed by atoms with van der Waals surface area (Å²) in [5.74, 6) is 2.41. The molecule has 3 aromatic heterocycles. The first-order valence-corrected chi connectivity index (χ1v) is 19.6. The molecule has 1 saturated heterocycles. The number of aromatic nitrogens is 5. The molecule has 2 N–H and O–H groups in total. The van der Waals surface area contributed by atoms with Crippen molar-refractivity contribution in [2.45, 2.75) is 116 Å². The van der Waals surface area contributed by atoms with E-state index in [0.717, 1.165) is 66.5 Å². The van der Waals surface area contributed by atoms with Crippen molar-refractivity contribution in [3.63, 3.8) is 0 Å². The summed E-state index contributed by atoms with van der Waals surface area (Å²) in [6, 6.07) is 11.4. The van der Waals surface area contributed by atoms with Gasteiger partial charge in [0, 0.05) is 43.7 Å². The molecule has 8 rings (SSSR count). The maximum absolute atomic E-state index is 13.4. The fraction of sp³-hybridized carbons (Fsp3) is 0.537. The number of rotatable bonds is 12. The van der Waals surface area contributed by atoms with Gasteiger partial charge in [-0.3, -0.25) is 4.90 Å². The van der Waals surface area contributed by atoms with Gasteiger partial charge >= 0.3 is 6.18 Å². The SMILES string of the molecule is COc1ccc(CNc2ncnc3c2ccn3[C@@H]2C[C@H](CN(C(C)C)C3CC(CCc4nc5cc(Cl)c(C(F)(F)F)cc5[nH]4)C3)[C@H]3OC(C)(C)OC23)c(C)c1. The van der Waals surface area contributed by atoms with Crippen molar-refractivity contribution < 1.29 is 27.4 Å². The van der Waals surface area contributed by atoms with E-state index in [1.165, 1.54) is 11.6 Å². The molecule has 3 aliphatic rings. The van der Waals surface area contributed by atoms with E-state index >= 15 is 0 Å². The lowest BCUT2D eigenvalue weighted by molar-refractivity contribution is -0.161. The molecule has 4 atom stereocenters. The molecule has 0 spiro atoms. The van der Waals surface area contributed by atoms with Crippen LogP contribution in [0.3, 0.4) is 0 Å². The number of imidazole rings is 1. The molecular weight excluding hydrogens is 731 g/mol. The first-order chi connectivity index (χ1) is 26.2. The molecule has 1 unspecified atom stereocenters. The van der Waals surface area contributed by atoms with Gasteiger partial charge in [0.05, 0.1) is 46.3 Å². The number of fused-ring (bicyclic) bond motifs is 3. The number of hydrogen-bond donors (Lipinski definition) is 2. The Kier molecular flexibility index (Phi) is 10.0. The number of nitrogens with zero attached hydrogens (tertiary/aromatic N) is 5. The Morgan fingerprint density at radius 2 is 1.87 bits per heavy atom. The molecule has 0 radical (unpaired) electrons. The average Bonchev–Trinajstić information content (AvgIpc) is 3.86. The maximum Gasteiger partial charge on any atom is 0.417 e. The molecule has 10 nitrogen and oxygen atoms in total. The number of benzene rings is 2. The van der Waals surface area contributed by atoms with Crippen LogP contribution in [0.25, 0.3) is 22.1 Å². The van der Waals surface area contributed by atoms with Crippen LogP contribution in [0.5, 0.6) is 5.75 Å². The fourth-order valence-corrected chi connectivity index (χ4v) is 9.35. The Morgan fingerprint density at radius 3 is 2.60 bits per heavy atom.